The van der Waals surface area contributed by atoms with Crippen LogP contribution in [0.5, 0.6) is 0 Å². The van der Waals surface area contributed by atoms with Crippen LogP contribution in [0, 0.1) is 5.92 Å². The summed E-state index contributed by atoms with van der Waals surface area (Å²) in [5, 5.41) is 4.96. The van der Waals surface area contributed by atoms with E-state index in [4.69, 9.17) is 19.4 Å². The molecule has 3 N–H and O–H groups in total. The lowest BCUT2D eigenvalue weighted by molar-refractivity contribution is -0.145. The van der Waals surface area contributed by atoms with E-state index in [1.54, 1.807) is 0 Å². The van der Waals surface area contributed by atoms with Crippen molar-refractivity contribution >= 4 is 34.6 Å². The molecular weight excluding hydrogens is 795 g/mol. The minimum absolute atomic E-state index is 0.0185. The van der Waals surface area contributed by atoms with Gasteiger partial charge in [-0.3, -0.25) is 14.4 Å². The van der Waals surface area contributed by atoms with Crippen molar-refractivity contribution in [2.45, 2.75) is 82.8 Å². The number of nitrogens with one attached hydrogen (secondary N) is 3. The highest BCUT2D eigenvalue weighted by molar-refractivity contribution is 5.91. The molecule has 2 aromatic heterocycles. The van der Waals surface area contributed by atoms with Crippen LogP contribution in [0.4, 0.5) is 4.79 Å². The van der Waals surface area contributed by atoms with Gasteiger partial charge in [0.05, 0.1) is 56.2 Å². The fourth-order valence-corrected chi connectivity index (χ4v) is 9.70. The molecule has 63 heavy (non-hydrogen) atoms. The number of methoxy groups -OCH3 is 2. The highest BCUT2D eigenvalue weighted by atomic mass is 16.5. The van der Waals surface area contributed by atoms with Gasteiger partial charge in [0, 0.05) is 29.9 Å². The SMILES string of the molecule is COC(=O)C[C@@H](C(=O)N1CCC[C@H]1c1ncc(-c2ccc3cc(-c4ccc5c(c4)CCc4[nH]c([C@@H]6CCCN6C(=O)[C@@H](NC(=O)OC)C(C)C)nc4-5)ccc3c2)[nH]1)c1ccccc1. The molecule has 1 aliphatic carbocycles. The second kappa shape index (κ2) is 17.5. The van der Waals surface area contributed by atoms with Crippen molar-refractivity contribution in [1.82, 2.24) is 35.1 Å². The third-order valence-electron chi connectivity index (χ3n) is 13.1. The molecule has 0 saturated carbocycles. The topological polar surface area (TPSA) is 163 Å². The first-order valence-electron chi connectivity index (χ1n) is 22.0. The van der Waals surface area contributed by atoms with Gasteiger partial charge in [-0.05, 0) is 89.6 Å². The van der Waals surface area contributed by atoms with Crippen LogP contribution in [0.15, 0.2) is 91.1 Å². The average Bonchev–Trinajstić information content (AvgIpc) is 4.16. The van der Waals surface area contributed by atoms with Crippen LogP contribution in [-0.4, -0.2) is 87.0 Å². The Bertz CT molecular complexity index is 2690. The molecule has 0 bridgehead atoms. The van der Waals surface area contributed by atoms with Gasteiger partial charge in [0.25, 0.3) is 0 Å². The van der Waals surface area contributed by atoms with Crippen molar-refractivity contribution in [1.29, 1.82) is 0 Å². The van der Waals surface area contributed by atoms with Crippen LogP contribution in [0.1, 0.15) is 92.4 Å². The molecule has 3 aliphatic rings. The van der Waals surface area contributed by atoms with E-state index in [1.807, 2.05) is 60.2 Å². The standard InChI is InChI=1S/C50H53N7O6/c1-29(2)44(55-50(61)63-4)49(60)57-23-9-13-42(57)47-52-39-21-19-35-25-34(18-20-37(35)45(39)54-47)31-14-15-33-26-36(17-16-32(33)24-31)40-28-51-46(53-40)41-12-8-22-56(41)48(59)38(27-43(58)62-3)30-10-6-5-7-11-30/h5-7,10-11,14-18,20,24-26,28-29,38,41-42,44H,8-9,12-13,19,21-23,27H2,1-4H3,(H,51,53)(H,52,54)(H,55,61)/t38-,41+,42+,44+/m1/s1. The molecule has 0 spiro atoms. The summed E-state index contributed by atoms with van der Waals surface area (Å²) in [5.74, 6) is 0.172. The molecule has 0 radical (unpaired) electrons. The first-order chi connectivity index (χ1) is 30.6. The van der Waals surface area contributed by atoms with Gasteiger partial charge in [-0.25, -0.2) is 14.8 Å². The molecule has 2 aliphatic heterocycles. The molecule has 4 atom stereocenters. The maximum absolute atomic E-state index is 14.0. The van der Waals surface area contributed by atoms with E-state index >= 15 is 0 Å². The van der Waals surface area contributed by atoms with Crippen molar-refractivity contribution in [3.63, 3.8) is 0 Å². The maximum Gasteiger partial charge on any atom is 0.407 e. The van der Waals surface area contributed by atoms with E-state index < -0.39 is 24.0 Å². The minimum Gasteiger partial charge on any atom is -0.469 e. The van der Waals surface area contributed by atoms with Crippen molar-refractivity contribution in [3.8, 4) is 33.6 Å². The lowest BCUT2D eigenvalue weighted by Gasteiger charge is -2.30. The number of aryl methyl sites for hydroxylation is 2. The minimum atomic E-state index is -0.682. The molecular formula is C50H53N7O6. The van der Waals surface area contributed by atoms with Crippen LogP contribution in [0.2, 0.25) is 0 Å². The number of likely N-dealkylation sites (tertiary alicyclic amines) is 2. The Kier molecular flexibility index (Phi) is 11.6. The maximum atomic E-state index is 14.0. The summed E-state index contributed by atoms with van der Waals surface area (Å²) >= 11 is 0. The van der Waals surface area contributed by atoms with Gasteiger partial charge in [-0.2, -0.15) is 0 Å². The number of imidazole rings is 2. The second-order valence-electron chi connectivity index (χ2n) is 17.3. The quantitative estimate of drug-likeness (QED) is 0.110. The van der Waals surface area contributed by atoms with E-state index in [9.17, 15) is 19.2 Å². The Morgan fingerprint density at radius 3 is 2.14 bits per heavy atom. The van der Waals surface area contributed by atoms with Crippen LogP contribution in [-0.2, 0) is 36.7 Å². The number of hydrogen-bond donors (Lipinski definition) is 3. The van der Waals surface area contributed by atoms with Crippen LogP contribution < -0.4 is 5.32 Å². The van der Waals surface area contributed by atoms with Gasteiger partial charge in [0.15, 0.2) is 0 Å². The molecule has 2 fully saturated rings. The molecule has 4 aromatic carbocycles. The van der Waals surface area contributed by atoms with E-state index in [0.29, 0.717) is 13.1 Å². The number of aromatic amines is 2. The summed E-state index contributed by atoms with van der Waals surface area (Å²) in [4.78, 5) is 73.0. The number of amides is 3. The number of rotatable bonds is 11. The molecule has 13 heteroatoms. The summed E-state index contributed by atoms with van der Waals surface area (Å²) in [6, 6.07) is 27.9. The fourth-order valence-electron chi connectivity index (χ4n) is 9.70. The summed E-state index contributed by atoms with van der Waals surface area (Å²) in [7, 11) is 2.65. The Hall–Kier alpha value is -6.76. The lowest BCUT2D eigenvalue weighted by atomic mass is 9.89. The van der Waals surface area contributed by atoms with Crippen molar-refractivity contribution in [2.24, 2.45) is 5.92 Å². The first kappa shape index (κ1) is 41.6. The summed E-state index contributed by atoms with van der Waals surface area (Å²) < 4.78 is 9.76. The third kappa shape index (κ3) is 8.19. The van der Waals surface area contributed by atoms with E-state index in [2.05, 4.69) is 69.9 Å². The molecule has 6 aromatic rings. The molecule has 9 rings (SSSR count). The lowest BCUT2D eigenvalue weighted by Crippen LogP contribution is -2.51. The normalized spacial score (nSPS) is 17.9. The summed E-state index contributed by atoms with van der Waals surface area (Å²) in [6.45, 7) is 5.05. The van der Waals surface area contributed by atoms with Crippen LogP contribution >= 0.6 is 0 Å². The number of carbonyl (C=O) groups excluding carboxylic acids is 4. The van der Waals surface area contributed by atoms with Gasteiger partial charge in [0.1, 0.15) is 17.7 Å². The zero-order chi connectivity index (χ0) is 43.8. The van der Waals surface area contributed by atoms with Gasteiger partial charge >= 0.3 is 12.1 Å². The zero-order valence-electron chi connectivity index (χ0n) is 36.1. The van der Waals surface area contributed by atoms with Gasteiger partial charge < -0.3 is 34.6 Å². The number of nitrogens with zero attached hydrogens (tertiary/aromatic N) is 4. The highest BCUT2D eigenvalue weighted by Gasteiger charge is 2.39. The molecule has 2 saturated heterocycles. The molecule has 13 nitrogen and oxygen atoms in total. The van der Waals surface area contributed by atoms with Gasteiger partial charge in [0.2, 0.25) is 11.8 Å². The number of fused-ring (bicyclic) bond motifs is 4. The smallest absolute Gasteiger partial charge is 0.407 e. The Labute approximate surface area is 366 Å². The van der Waals surface area contributed by atoms with Gasteiger partial charge in [-0.1, -0.05) is 86.6 Å². The Morgan fingerprint density at radius 2 is 1.43 bits per heavy atom. The number of carbonyl (C=O) groups is 4. The van der Waals surface area contributed by atoms with E-state index in [-0.39, 0.29) is 36.2 Å². The summed E-state index contributed by atoms with van der Waals surface area (Å²) in [5.41, 5.74) is 9.32. The van der Waals surface area contributed by atoms with E-state index in [0.717, 1.165) is 106 Å². The number of ether oxygens (including phenoxy) is 2. The number of esters is 1. The van der Waals surface area contributed by atoms with E-state index in [1.165, 1.54) is 19.8 Å². The second-order valence-corrected chi connectivity index (χ2v) is 17.3. The first-order valence-corrected chi connectivity index (χ1v) is 22.0. The monoisotopic (exact) mass is 847 g/mol. The largest absolute Gasteiger partial charge is 0.469 e. The number of hydrogen-bond acceptors (Lipinski definition) is 8. The Morgan fingerprint density at radius 1 is 0.762 bits per heavy atom. The molecule has 324 valence electrons. The van der Waals surface area contributed by atoms with Crippen LogP contribution in [0.25, 0.3) is 44.4 Å². The van der Waals surface area contributed by atoms with Crippen molar-refractivity contribution < 1.29 is 28.7 Å². The summed E-state index contributed by atoms with van der Waals surface area (Å²) in [6.07, 6.45) is 6.21. The molecule has 3 amide bonds. The number of H-pyrrole nitrogens is 2. The average molecular weight is 848 g/mol. The van der Waals surface area contributed by atoms with Gasteiger partial charge in [-0.15, -0.1) is 0 Å². The number of benzene rings is 4. The zero-order valence-corrected chi connectivity index (χ0v) is 36.1. The van der Waals surface area contributed by atoms with Crippen LogP contribution in [0.3, 0.4) is 0 Å². The number of alkyl carbamates (subject to hydrolysis) is 1. The highest BCUT2D eigenvalue weighted by Crippen LogP contribution is 2.40. The van der Waals surface area contributed by atoms with Crippen molar-refractivity contribution in [2.75, 3.05) is 27.3 Å². The molecule has 0 unspecified atom stereocenters. The predicted molar refractivity (Wildman–Crippen MR) is 239 cm³/mol. The fraction of sp³-hybridized carbons (Fsp3) is 0.360. The number of aromatic nitrogens is 4. The predicted octanol–water partition coefficient (Wildman–Crippen LogP) is 8.44. The van der Waals surface area contributed by atoms with Crippen molar-refractivity contribution in [3.05, 3.63) is 120 Å². The molecule has 4 heterocycles. The third-order valence-corrected chi connectivity index (χ3v) is 13.1. The Balaban J connectivity index is 0.906.